The predicted octanol–water partition coefficient (Wildman–Crippen LogP) is -4.83. The van der Waals surface area contributed by atoms with Gasteiger partial charge in [0.2, 0.25) is 0 Å². The van der Waals surface area contributed by atoms with Gasteiger partial charge in [0.25, 0.3) is 0 Å². The van der Waals surface area contributed by atoms with Crippen molar-refractivity contribution in [2.24, 2.45) is 0 Å². The normalized spacial score (nSPS) is 46.8. The molecule has 0 bridgehead atoms. The Morgan fingerprint density at radius 1 is 0.885 bits per heavy atom. The molecule has 0 radical (unpaired) electrons. The molecule has 0 amide bonds. The van der Waals surface area contributed by atoms with E-state index in [1.807, 2.05) is 0 Å². The average Bonchev–Trinajstić information content (AvgIpc) is 2.60. The van der Waals surface area contributed by atoms with E-state index in [1.165, 1.54) is 0 Å². The third-order valence-electron chi connectivity index (χ3n) is 4.25. The van der Waals surface area contributed by atoms with E-state index in [9.17, 15) is 40.5 Å². The van der Waals surface area contributed by atoms with E-state index in [4.69, 9.17) is 18.9 Å². The first-order valence-corrected chi connectivity index (χ1v) is 7.96. The highest BCUT2D eigenvalue weighted by Crippen LogP contribution is 2.28. The van der Waals surface area contributed by atoms with Gasteiger partial charge in [-0.2, -0.15) is 0 Å². The highest BCUT2D eigenvalue weighted by molar-refractivity contribution is 5.65. The number of hydrogen-bond acceptors (Lipinski definition) is 12. The summed E-state index contributed by atoms with van der Waals surface area (Å²) in [5.41, 5.74) is 0. The van der Waals surface area contributed by atoms with Crippen LogP contribution in [0.5, 0.6) is 0 Å². The molecule has 0 aromatic carbocycles. The maximum absolute atomic E-state index is 11.0. The standard InChI is InChI=1S/C14H24O12/c1-4(16)23-3-6-12(9(19)10(20)13(22)24-6)26-14-11(21)8(18)7(17)5(2-15)25-14/h5-15,17-22H,2-3H2,1H3/t5-,6-,7+,8+,9-,10-,11-,12+,13+,14+/m1/s1. The van der Waals surface area contributed by atoms with Gasteiger partial charge in [-0.1, -0.05) is 0 Å². The fraction of sp³-hybridized carbons (Fsp3) is 0.929. The molecular formula is C14H24O12. The number of aliphatic hydroxyl groups is 7. The van der Waals surface area contributed by atoms with Gasteiger partial charge in [0, 0.05) is 6.92 Å². The van der Waals surface area contributed by atoms with Crippen molar-refractivity contribution >= 4 is 5.97 Å². The van der Waals surface area contributed by atoms with Gasteiger partial charge in [-0.15, -0.1) is 0 Å². The summed E-state index contributed by atoms with van der Waals surface area (Å²) in [7, 11) is 0. The molecular weight excluding hydrogens is 360 g/mol. The third-order valence-corrected chi connectivity index (χ3v) is 4.25. The minimum absolute atomic E-state index is 0.446. The van der Waals surface area contributed by atoms with Crippen LogP contribution < -0.4 is 0 Å². The Morgan fingerprint density at radius 3 is 2.12 bits per heavy atom. The van der Waals surface area contributed by atoms with Crippen LogP contribution in [0.4, 0.5) is 0 Å². The summed E-state index contributed by atoms with van der Waals surface area (Å²) < 4.78 is 20.4. The SMILES string of the molecule is CC(=O)OC[C@H]1O[C@H](O)[C@H](O)[C@@H](O)[C@H]1O[C@@H]1O[C@H](CO)[C@H](O)[C@H](O)[C@H]1O. The molecule has 26 heavy (non-hydrogen) atoms. The Labute approximate surface area is 148 Å². The molecule has 7 N–H and O–H groups in total. The summed E-state index contributed by atoms with van der Waals surface area (Å²) in [5.74, 6) is -0.671. The fourth-order valence-corrected chi connectivity index (χ4v) is 2.76. The second-order valence-corrected chi connectivity index (χ2v) is 6.15. The molecule has 0 aliphatic carbocycles. The Balaban J connectivity index is 2.14. The minimum Gasteiger partial charge on any atom is -0.463 e. The van der Waals surface area contributed by atoms with Crippen molar-refractivity contribution in [1.29, 1.82) is 0 Å². The summed E-state index contributed by atoms with van der Waals surface area (Å²) in [5, 5.41) is 68.2. The van der Waals surface area contributed by atoms with Crippen LogP contribution in [-0.4, -0.2) is 116 Å². The molecule has 2 rings (SSSR count). The lowest BCUT2D eigenvalue weighted by Gasteiger charge is -2.45. The van der Waals surface area contributed by atoms with E-state index in [-0.39, 0.29) is 0 Å². The Hall–Kier alpha value is -0.930. The van der Waals surface area contributed by atoms with Crippen LogP contribution in [0, 0.1) is 0 Å². The summed E-state index contributed by atoms with van der Waals surface area (Å²) in [4.78, 5) is 11.0. The highest BCUT2D eigenvalue weighted by Gasteiger charge is 2.50. The summed E-state index contributed by atoms with van der Waals surface area (Å²) in [6.45, 7) is -0.0109. The van der Waals surface area contributed by atoms with E-state index >= 15 is 0 Å². The number of hydrogen-bond donors (Lipinski definition) is 7. The maximum Gasteiger partial charge on any atom is 0.302 e. The van der Waals surface area contributed by atoms with Crippen LogP contribution in [0.3, 0.4) is 0 Å². The van der Waals surface area contributed by atoms with Crippen LogP contribution >= 0.6 is 0 Å². The number of esters is 1. The van der Waals surface area contributed by atoms with Crippen LogP contribution in [0.15, 0.2) is 0 Å². The quantitative estimate of drug-likeness (QED) is 0.224. The molecule has 2 saturated heterocycles. The number of ether oxygens (including phenoxy) is 4. The molecule has 2 aliphatic heterocycles. The number of aliphatic hydroxyl groups excluding tert-OH is 7. The molecule has 152 valence electrons. The highest BCUT2D eigenvalue weighted by atomic mass is 16.7. The maximum atomic E-state index is 11.0. The Bertz CT molecular complexity index is 473. The molecule has 12 heteroatoms. The lowest BCUT2D eigenvalue weighted by molar-refractivity contribution is -0.355. The van der Waals surface area contributed by atoms with Gasteiger partial charge in [-0.25, -0.2) is 0 Å². The first-order chi connectivity index (χ1) is 12.2. The summed E-state index contributed by atoms with van der Waals surface area (Å²) in [6.07, 6.45) is -15.9. The average molecular weight is 384 g/mol. The number of rotatable bonds is 5. The molecule has 2 heterocycles. The zero-order valence-electron chi connectivity index (χ0n) is 13.9. The van der Waals surface area contributed by atoms with Crippen molar-refractivity contribution in [3.8, 4) is 0 Å². The molecule has 2 aliphatic rings. The zero-order chi connectivity index (χ0) is 19.6. The third kappa shape index (κ3) is 4.48. The van der Waals surface area contributed by atoms with Gasteiger partial charge >= 0.3 is 5.97 Å². The van der Waals surface area contributed by atoms with Crippen LogP contribution in [0.25, 0.3) is 0 Å². The van der Waals surface area contributed by atoms with Gasteiger partial charge in [-0.05, 0) is 0 Å². The molecule has 0 saturated carbocycles. The van der Waals surface area contributed by atoms with Crippen LogP contribution in [-0.2, 0) is 23.7 Å². The van der Waals surface area contributed by atoms with Gasteiger partial charge in [0.1, 0.15) is 55.4 Å². The van der Waals surface area contributed by atoms with Gasteiger partial charge in [0.05, 0.1) is 6.61 Å². The van der Waals surface area contributed by atoms with Gasteiger partial charge in [0.15, 0.2) is 12.6 Å². The van der Waals surface area contributed by atoms with Crippen molar-refractivity contribution in [2.75, 3.05) is 13.2 Å². The smallest absolute Gasteiger partial charge is 0.302 e. The summed E-state index contributed by atoms with van der Waals surface area (Å²) in [6, 6.07) is 0. The predicted molar refractivity (Wildman–Crippen MR) is 78.2 cm³/mol. The van der Waals surface area contributed by atoms with Crippen molar-refractivity contribution < 1.29 is 59.5 Å². The van der Waals surface area contributed by atoms with Crippen molar-refractivity contribution in [1.82, 2.24) is 0 Å². The first kappa shape index (κ1) is 21.4. The van der Waals surface area contributed by atoms with Gasteiger partial charge < -0.3 is 54.7 Å². The minimum atomic E-state index is -1.78. The zero-order valence-corrected chi connectivity index (χ0v) is 13.9. The Morgan fingerprint density at radius 2 is 1.54 bits per heavy atom. The molecule has 0 unspecified atom stereocenters. The number of carbonyl (C=O) groups excluding carboxylic acids is 1. The van der Waals surface area contributed by atoms with Crippen molar-refractivity contribution in [3.63, 3.8) is 0 Å². The topological polar surface area (TPSA) is 196 Å². The lowest BCUT2D eigenvalue weighted by atomic mass is 9.97. The molecule has 0 spiro atoms. The Kier molecular flexibility index (Phi) is 7.27. The summed E-state index contributed by atoms with van der Waals surface area (Å²) >= 11 is 0. The molecule has 12 nitrogen and oxygen atoms in total. The van der Waals surface area contributed by atoms with Crippen molar-refractivity contribution in [3.05, 3.63) is 0 Å². The van der Waals surface area contributed by atoms with Crippen molar-refractivity contribution in [2.45, 2.75) is 68.3 Å². The van der Waals surface area contributed by atoms with E-state index in [2.05, 4.69) is 0 Å². The second kappa shape index (κ2) is 8.84. The van der Waals surface area contributed by atoms with Crippen LogP contribution in [0.1, 0.15) is 6.92 Å². The van der Waals surface area contributed by atoms with Crippen LogP contribution in [0.2, 0.25) is 0 Å². The van der Waals surface area contributed by atoms with E-state index in [1.54, 1.807) is 0 Å². The van der Waals surface area contributed by atoms with E-state index in [0.717, 1.165) is 6.92 Å². The molecule has 0 aromatic rings. The number of carbonyl (C=O) groups is 1. The lowest BCUT2D eigenvalue weighted by Crippen LogP contribution is -2.64. The molecule has 2 fully saturated rings. The van der Waals surface area contributed by atoms with E-state index < -0.39 is 80.6 Å². The first-order valence-electron chi connectivity index (χ1n) is 7.96. The largest absolute Gasteiger partial charge is 0.463 e. The fourth-order valence-electron chi connectivity index (χ4n) is 2.76. The molecule has 0 aromatic heterocycles. The second-order valence-electron chi connectivity index (χ2n) is 6.15. The molecule has 10 atom stereocenters. The van der Waals surface area contributed by atoms with Gasteiger partial charge in [-0.3, -0.25) is 4.79 Å². The van der Waals surface area contributed by atoms with E-state index in [0.29, 0.717) is 0 Å². The monoisotopic (exact) mass is 384 g/mol.